The number of pyridine rings is 1. The first-order valence-corrected chi connectivity index (χ1v) is 9.91. The van der Waals surface area contributed by atoms with Crippen molar-refractivity contribution in [3.05, 3.63) is 77.6 Å². The molecule has 0 aliphatic carbocycles. The van der Waals surface area contributed by atoms with Crippen LogP contribution in [-0.2, 0) is 16.0 Å². The van der Waals surface area contributed by atoms with Crippen molar-refractivity contribution in [1.29, 1.82) is 0 Å². The SMILES string of the molecule is C=C/C(=C\C(=C)C)C1=CCN(C(=O)/C=C/c2cnc3c(c2)CCC(=O)N3)CCC1. The number of nitrogens with zero attached hydrogens (tertiary/aromatic N) is 2. The molecule has 5 nitrogen and oxygen atoms in total. The van der Waals surface area contributed by atoms with Gasteiger partial charge in [0, 0.05) is 31.8 Å². The molecule has 150 valence electrons. The first-order chi connectivity index (χ1) is 14.0. The number of rotatable bonds is 5. The molecular formula is C24H27N3O2. The van der Waals surface area contributed by atoms with Gasteiger partial charge < -0.3 is 10.2 Å². The van der Waals surface area contributed by atoms with Crippen LogP contribution in [0.2, 0.25) is 0 Å². The summed E-state index contributed by atoms with van der Waals surface area (Å²) in [5.41, 5.74) is 5.14. The number of anilines is 1. The Kier molecular flexibility index (Phi) is 6.60. The molecule has 0 atom stereocenters. The number of allylic oxidation sites excluding steroid dienone is 5. The molecule has 0 radical (unpaired) electrons. The summed E-state index contributed by atoms with van der Waals surface area (Å²) in [5.74, 6) is 0.600. The lowest BCUT2D eigenvalue weighted by Gasteiger charge is -2.17. The van der Waals surface area contributed by atoms with E-state index in [1.165, 1.54) is 5.57 Å². The van der Waals surface area contributed by atoms with Gasteiger partial charge in [0.05, 0.1) is 0 Å². The highest BCUT2D eigenvalue weighted by Gasteiger charge is 2.17. The monoisotopic (exact) mass is 389 g/mol. The van der Waals surface area contributed by atoms with Gasteiger partial charge in [0.15, 0.2) is 0 Å². The largest absolute Gasteiger partial charge is 0.335 e. The standard InChI is InChI=1S/C24H27N3O2/c1-4-19(14-17(2)3)20-6-5-12-27(13-11-20)23(29)10-7-18-15-21-8-9-22(28)26-24(21)25-16-18/h4,7,10-11,14-16H,1-2,5-6,8-9,12-13H2,3H3,(H,25,26,28)/b10-7+,19-14+. The minimum atomic E-state index is -0.0162. The maximum absolute atomic E-state index is 12.7. The van der Waals surface area contributed by atoms with E-state index in [0.29, 0.717) is 25.2 Å². The molecule has 0 bridgehead atoms. The number of nitrogens with one attached hydrogen (secondary N) is 1. The van der Waals surface area contributed by atoms with Crippen LogP contribution in [0.15, 0.2) is 66.4 Å². The first kappa shape index (κ1) is 20.5. The normalized spacial score (nSPS) is 17.3. The van der Waals surface area contributed by atoms with E-state index >= 15 is 0 Å². The molecule has 0 unspecified atom stereocenters. The predicted octanol–water partition coefficient (Wildman–Crippen LogP) is 4.22. The van der Waals surface area contributed by atoms with Crippen molar-refractivity contribution in [1.82, 2.24) is 9.88 Å². The molecule has 1 aromatic rings. The number of carbonyl (C=O) groups excluding carboxylic acids is 2. The summed E-state index contributed by atoms with van der Waals surface area (Å²) in [7, 11) is 0. The van der Waals surface area contributed by atoms with Crippen molar-refractivity contribution in [2.75, 3.05) is 18.4 Å². The van der Waals surface area contributed by atoms with Crippen LogP contribution in [0.1, 0.15) is 37.3 Å². The van der Waals surface area contributed by atoms with Crippen LogP contribution in [0.5, 0.6) is 0 Å². The fourth-order valence-electron chi connectivity index (χ4n) is 3.52. The molecule has 1 aromatic heterocycles. The molecule has 2 aliphatic heterocycles. The van der Waals surface area contributed by atoms with Crippen LogP contribution in [0.25, 0.3) is 6.08 Å². The van der Waals surface area contributed by atoms with Gasteiger partial charge >= 0.3 is 0 Å². The van der Waals surface area contributed by atoms with Crippen molar-refractivity contribution in [3.8, 4) is 0 Å². The van der Waals surface area contributed by atoms with Gasteiger partial charge in [0.2, 0.25) is 11.8 Å². The molecule has 0 fully saturated rings. The molecule has 0 aromatic carbocycles. The average Bonchev–Trinajstić information content (AvgIpc) is 2.96. The van der Waals surface area contributed by atoms with Crippen LogP contribution >= 0.6 is 0 Å². The first-order valence-electron chi connectivity index (χ1n) is 9.91. The number of hydrogen-bond donors (Lipinski definition) is 1. The van der Waals surface area contributed by atoms with E-state index in [1.54, 1.807) is 18.3 Å². The van der Waals surface area contributed by atoms with E-state index in [0.717, 1.165) is 41.7 Å². The topological polar surface area (TPSA) is 62.3 Å². The average molecular weight is 389 g/mol. The summed E-state index contributed by atoms with van der Waals surface area (Å²) in [6, 6.07) is 1.98. The van der Waals surface area contributed by atoms with Crippen molar-refractivity contribution >= 4 is 23.7 Å². The highest BCUT2D eigenvalue weighted by Crippen LogP contribution is 2.23. The molecule has 0 saturated heterocycles. The van der Waals surface area contributed by atoms with Crippen LogP contribution in [0.3, 0.4) is 0 Å². The van der Waals surface area contributed by atoms with Crippen molar-refractivity contribution in [2.24, 2.45) is 0 Å². The zero-order chi connectivity index (χ0) is 20.8. The van der Waals surface area contributed by atoms with Crippen molar-refractivity contribution in [3.63, 3.8) is 0 Å². The van der Waals surface area contributed by atoms with E-state index < -0.39 is 0 Å². The Morgan fingerprint density at radius 1 is 1.31 bits per heavy atom. The highest BCUT2D eigenvalue weighted by molar-refractivity contribution is 5.94. The second-order valence-electron chi connectivity index (χ2n) is 7.43. The van der Waals surface area contributed by atoms with Crippen LogP contribution in [0.4, 0.5) is 5.82 Å². The van der Waals surface area contributed by atoms with E-state index in [1.807, 2.05) is 30.0 Å². The zero-order valence-electron chi connectivity index (χ0n) is 16.9. The minimum Gasteiger partial charge on any atom is -0.335 e. The van der Waals surface area contributed by atoms with Crippen molar-refractivity contribution < 1.29 is 9.59 Å². The predicted molar refractivity (Wildman–Crippen MR) is 117 cm³/mol. The van der Waals surface area contributed by atoms with Gasteiger partial charge in [-0.3, -0.25) is 9.59 Å². The number of carbonyl (C=O) groups is 2. The van der Waals surface area contributed by atoms with E-state index in [-0.39, 0.29) is 11.8 Å². The molecule has 29 heavy (non-hydrogen) atoms. The van der Waals surface area contributed by atoms with Crippen molar-refractivity contribution in [2.45, 2.75) is 32.6 Å². The number of fused-ring (bicyclic) bond motifs is 1. The van der Waals surface area contributed by atoms with Gasteiger partial charge in [-0.15, -0.1) is 0 Å². The Labute approximate surface area is 172 Å². The van der Waals surface area contributed by atoms with Gasteiger partial charge in [-0.1, -0.05) is 37.0 Å². The molecular weight excluding hydrogens is 362 g/mol. The molecule has 1 N–H and O–H groups in total. The molecule has 3 rings (SSSR count). The van der Waals surface area contributed by atoms with Gasteiger partial charge in [0.25, 0.3) is 0 Å². The Morgan fingerprint density at radius 3 is 2.90 bits per heavy atom. The van der Waals surface area contributed by atoms with E-state index in [9.17, 15) is 9.59 Å². The lowest BCUT2D eigenvalue weighted by atomic mass is 9.99. The zero-order valence-corrected chi connectivity index (χ0v) is 16.9. The van der Waals surface area contributed by atoms with Crippen LogP contribution < -0.4 is 5.32 Å². The molecule has 2 amide bonds. The second-order valence-corrected chi connectivity index (χ2v) is 7.43. The van der Waals surface area contributed by atoms with Gasteiger partial charge in [0.1, 0.15) is 5.82 Å². The fourth-order valence-corrected chi connectivity index (χ4v) is 3.52. The summed E-state index contributed by atoms with van der Waals surface area (Å²) in [6.45, 7) is 11.1. The quantitative estimate of drug-likeness (QED) is 0.606. The van der Waals surface area contributed by atoms with E-state index in [4.69, 9.17) is 0 Å². The summed E-state index contributed by atoms with van der Waals surface area (Å²) in [4.78, 5) is 30.2. The lowest BCUT2D eigenvalue weighted by Crippen LogP contribution is -2.29. The number of aryl methyl sites for hydroxylation is 1. The minimum absolute atomic E-state index is 0.00485. The number of aromatic nitrogens is 1. The third kappa shape index (κ3) is 5.41. The smallest absolute Gasteiger partial charge is 0.246 e. The van der Waals surface area contributed by atoms with Gasteiger partial charge in [-0.05, 0) is 60.6 Å². The molecule has 0 spiro atoms. The third-order valence-electron chi connectivity index (χ3n) is 5.02. The maximum Gasteiger partial charge on any atom is 0.246 e. The third-order valence-corrected chi connectivity index (χ3v) is 5.02. The van der Waals surface area contributed by atoms with Crippen LogP contribution in [-0.4, -0.2) is 34.8 Å². The summed E-state index contributed by atoms with van der Waals surface area (Å²) >= 11 is 0. The van der Waals surface area contributed by atoms with Crippen LogP contribution in [0, 0.1) is 0 Å². The summed E-state index contributed by atoms with van der Waals surface area (Å²) in [6.07, 6.45) is 14.0. The highest BCUT2D eigenvalue weighted by atomic mass is 16.2. The van der Waals surface area contributed by atoms with Gasteiger partial charge in [-0.2, -0.15) is 0 Å². The Bertz CT molecular complexity index is 937. The summed E-state index contributed by atoms with van der Waals surface area (Å²) in [5, 5.41) is 2.77. The molecule has 0 saturated carbocycles. The van der Waals surface area contributed by atoms with Gasteiger partial charge in [-0.25, -0.2) is 4.98 Å². The number of hydrogen-bond acceptors (Lipinski definition) is 3. The molecule has 3 heterocycles. The second kappa shape index (κ2) is 9.32. The Balaban J connectivity index is 1.67. The molecule has 2 aliphatic rings. The Hall–Kier alpha value is -3.21. The Morgan fingerprint density at radius 2 is 2.14 bits per heavy atom. The maximum atomic E-state index is 12.7. The summed E-state index contributed by atoms with van der Waals surface area (Å²) < 4.78 is 0. The number of amides is 2. The fraction of sp³-hybridized carbons (Fsp3) is 0.292. The van der Waals surface area contributed by atoms with E-state index in [2.05, 4.69) is 29.5 Å². The molecule has 5 heteroatoms. The lowest BCUT2D eigenvalue weighted by molar-refractivity contribution is -0.125.